The number of sulfonamides is 1. The molecule has 1 N–H and O–H groups in total. The number of hydrogen-bond donors (Lipinski definition) is 1. The SMILES string of the molecule is CCCN(C1CNC1)S(=O)(=O)c1ccc2c(c1)CCCC2. The van der Waals surface area contributed by atoms with Crippen molar-refractivity contribution >= 4 is 10.0 Å². The van der Waals surface area contributed by atoms with Gasteiger partial charge in [-0.2, -0.15) is 4.31 Å². The van der Waals surface area contributed by atoms with Gasteiger partial charge in [0.15, 0.2) is 0 Å². The second-order valence-electron chi connectivity index (χ2n) is 6.07. The van der Waals surface area contributed by atoms with E-state index in [1.54, 1.807) is 10.4 Å². The Hall–Kier alpha value is -0.910. The molecule has 0 bridgehead atoms. The standard InChI is InChI=1S/C16H24N2O2S/c1-2-9-18(15-11-17-12-15)21(19,20)16-8-7-13-5-3-4-6-14(13)10-16/h7-8,10,15,17H,2-6,9,11-12H2,1H3. The van der Waals surface area contributed by atoms with E-state index >= 15 is 0 Å². The zero-order chi connectivity index (χ0) is 14.9. The molecule has 1 aromatic carbocycles. The van der Waals surface area contributed by atoms with Gasteiger partial charge in [0, 0.05) is 19.6 Å². The minimum absolute atomic E-state index is 0.117. The van der Waals surface area contributed by atoms with Crippen LogP contribution in [0.5, 0.6) is 0 Å². The summed E-state index contributed by atoms with van der Waals surface area (Å²) in [5, 5.41) is 3.17. The Labute approximate surface area is 127 Å². The molecule has 4 nitrogen and oxygen atoms in total. The van der Waals surface area contributed by atoms with Gasteiger partial charge in [-0.05, 0) is 55.4 Å². The lowest BCUT2D eigenvalue weighted by molar-refractivity contribution is 0.242. The van der Waals surface area contributed by atoms with Crippen molar-refractivity contribution in [3.63, 3.8) is 0 Å². The Morgan fingerprint density at radius 1 is 1.19 bits per heavy atom. The summed E-state index contributed by atoms with van der Waals surface area (Å²) >= 11 is 0. The van der Waals surface area contributed by atoms with Gasteiger partial charge in [-0.1, -0.05) is 13.0 Å². The summed E-state index contributed by atoms with van der Waals surface area (Å²) < 4.78 is 27.6. The molecule has 3 rings (SSSR count). The van der Waals surface area contributed by atoms with Crippen LogP contribution in [0.2, 0.25) is 0 Å². The molecule has 21 heavy (non-hydrogen) atoms. The van der Waals surface area contributed by atoms with Crippen LogP contribution in [0.4, 0.5) is 0 Å². The third-order valence-corrected chi connectivity index (χ3v) is 6.49. The summed E-state index contributed by atoms with van der Waals surface area (Å²) in [7, 11) is -3.36. The minimum Gasteiger partial charge on any atom is -0.313 e. The monoisotopic (exact) mass is 308 g/mol. The molecule has 5 heteroatoms. The molecule has 0 unspecified atom stereocenters. The van der Waals surface area contributed by atoms with Gasteiger partial charge in [0.25, 0.3) is 0 Å². The maximum absolute atomic E-state index is 12.9. The van der Waals surface area contributed by atoms with Crippen molar-refractivity contribution in [2.24, 2.45) is 0 Å². The van der Waals surface area contributed by atoms with Crippen LogP contribution in [0.3, 0.4) is 0 Å². The molecule has 1 aliphatic heterocycles. The molecule has 1 heterocycles. The van der Waals surface area contributed by atoms with Crippen LogP contribution in [-0.4, -0.2) is 38.4 Å². The summed E-state index contributed by atoms with van der Waals surface area (Å²) in [5.74, 6) is 0. The van der Waals surface area contributed by atoms with Gasteiger partial charge in [0.2, 0.25) is 10.0 Å². The molecular weight excluding hydrogens is 284 g/mol. The van der Waals surface area contributed by atoms with Gasteiger partial charge in [0.05, 0.1) is 10.9 Å². The topological polar surface area (TPSA) is 49.4 Å². The lowest BCUT2D eigenvalue weighted by Gasteiger charge is -2.37. The highest BCUT2D eigenvalue weighted by molar-refractivity contribution is 7.89. The second-order valence-corrected chi connectivity index (χ2v) is 7.96. The summed E-state index contributed by atoms with van der Waals surface area (Å²) in [5.41, 5.74) is 2.55. The number of fused-ring (bicyclic) bond motifs is 1. The Kier molecular flexibility index (Phi) is 4.33. The normalized spacial score (nSPS) is 19.3. The number of benzene rings is 1. The average molecular weight is 308 g/mol. The lowest BCUT2D eigenvalue weighted by Crippen LogP contribution is -2.58. The van der Waals surface area contributed by atoms with Crippen molar-refractivity contribution in [2.75, 3.05) is 19.6 Å². The third kappa shape index (κ3) is 2.87. The van der Waals surface area contributed by atoms with Crippen LogP contribution in [0.15, 0.2) is 23.1 Å². The molecule has 1 aromatic rings. The highest BCUT2D eigenvalue weighted by atomic mass is 32.2. The molecular formula is C16H24N2O2S. The Morgan fingerprint density at radius 3 is 2.52 bits per heavy atom. The molecule has 1 fully saturated rings. The maximum Gasteiger partial charge on any atom is 0.243 e. The summed E-state index contributed by atoms with van der Waals surface area (Å²) in [6.07, 6.45) is 5.33. The number of rotatable bonds is 5. The van der Waals surface area contributed by atoms with E-state index in [4.69, 9.17) is 0 Å². The lowest BCUT2D eigenvalue weighted by atomic mass is 9.92. The number of nitrogens with zero attached hydrogens (tertiary/aromatic N) is 1. The van der Waals surface area contributed by atoms with Gasteiger partial charge in [0.1, 0.15) is 0 Å². The molecule has 1 saturated heterocycles. The van der Waals surface area contributed by atoms with Crippen LogP contribution in [0.25, 0.3) is 0 Å². The molecule has 0 aromatic heterocycles. The fourth-order valence-corrected chi connectivity index (χ4v) is 4.97. The molecule has 0 spiro atoms. The van der Waals surface area contributed by atoms with Crippen LogP contribution in [0.1, 0.15) is 37.3 Å². The highest BCUT2D eigenvalue weighted by Gasteiger charge is 2.34. The molecule has 2 aliphatic rings. The van der Waals surface area contributed by atoms with Crippen LogP contribution in [0, 0.1) is 0 Å². The Balaban J connectivity index is 1.92. The van der Waals surface area contributed by atoms with E-state index in [1.807, 2.05) is 19.1 Å². The third-order valence-electron chi connectivity index (χ3n) is 4.54. The van der Waals surface area contributed by atoms with Crippen LogP contribution >= 0.6 is 0 Å². The van der Waals surface area contributed by atoms with Crippen LogP contribution in [-0.2, 0) is 22.9 Å². The molecule has 0 saturated carbocycles. The predicted octanol–water partition coefficient (Wildman–Crippen LogP) is 1.94. The summed E-state index contributed by atoms with van der Waals surface area (Å²) in [4.78, 5) is 0.475. The highest BCUT2D eigenvalue weighted by Crippen LogP contribution is 2.27. The quantitative estimate of drug-likeness (QED) is 0.904. The van der Waals surface area contributed by atoms with Crippen LogP contribution < -0.4 is 5.32 Å². The fourth-order valence-electron chi connectivity index (χ4n) is 3.20. The van der Waals surface area contributed by atoms with Gasteiger partial charge in [-0.15, -0.1) is 0 Å². The fraction of sp³-hybridized carbons (Fsp3) is 0.625. The molecule has 116 valence electrons. The molecule has 1 aliphatic carbocycles. The van der Waals surface area contributed by atoms with E-state index < -0.39 is 10.0 Å². The van der Waals surface area contributed by atoms with E-state index in [9.17, 15) is 8.42 Å². The van der Waals surface area contributed by atoms with Crippen molar-refractivity contribution < 1.29 is 8.42 Å². The summed E-state index contributed by atoms with van der Waals surface area (Å²) in [6.45, 7) is 4.17. The zero-order valence-corrected chi connectivity index (χ0v) is 13.5. The van der Waals surface area contributed by atoms with Gasteiger partial charge in [-0.25, -0.2) is 8.42 Å². The smallest absolute Gasteiger partial charge is 0.243 e. The second kappa shape index (κ2) is 6.07. The van der Waals surface area contributed by atoms with E-state index in [2.05, 4.69) is 5.32 Å². The maximum atomic E-state index is 12.9. The number of aryl methyl sites for hydroxylation is 2. The molecule has 0 atom stereocenters. The van der Waals surface area contributed by atoms with Crippen molar-refractivity contribution in [1.29, 1.82) is 0 Å². The average Bonchev–Trinajstić information content (AvgIpc) is 2.44. The summed E-state index contributed by atoms with van der Waals surface area (Å²) in [6, 6.07) is 5.85. The van der Waals surface area contributed by atoms with E-state index in [0.29, 0.717) is 11.4 Å². The first-order valence-electron chi connectivity index (χ1n) is 7.97. The van der Waals surface area contributed by atoms with E-state index in [0.717, 1.165) is 32.4 Å². The first-order chi connectivity index (χ1) is 10.1. The Bertz CT molecular complexity index is 609. The molecule has 0 amide bonds. The van der Waals surface area contributed by atoms with Crippen molar-refractivity contribution in [3.8, 4) is 0 Å². The minimum atomic E-state index is -3.36. The first kappa shape index (κ1) is 15.0. The van der Waals surface area contributed by atoms with Crippen molar-refractivity contribution in [3.05, 3.63) is 29.3 Å². The number of nitrogens with one attached hydrogen (secondary N) is 1. The number of hydrogen-bond acceptors (Lipinski definition) is 3. The van der Waals surface area contributed by atoms with Gasteiger partial charge >= 0.3 is 0 Å². The van der Waals surface area contributed by atoms with Crippen molar-refractivity contribution in [2.45, 2.75) is 50.0 Å². The van der Waals surface area contributed by atoms with E-state index in [-0.39, 0.29) is 6.04 Å². The molecule has 0 radical (unpaired) electrons. The Morgan fingerprint density at radius 2 is 1.90 bits per heavy atom. The first-order valence-corrected chi connectivity index (χ1v) is 9.41. The van der Waals surface area contributed by atoms with Gasteiger partial charge in [-0.3, -0.25) is 0 Å². The largest absolute Gasteiger partial charge is 0.313 e. The van der Waals surface area contributed by atoms with E-state index in [1.165, 1.54) is 24.0 Å². The van der Waals surface area contributed by atoms with Gasteiger partial charge < -0.3 is 5.32 Å². The zero-order valence-electron chi connectivity index (χ0n) is 12.6. The van der Waals surface area contributed by atoms with Crippen molar-refractivity contribution in [1.82, 2.24) is 9.62 Å². The predicted molar refractivity (Wildman–Crippen MR) is 83.9 cm³/mol.